The average molecular weight is 302 g/mol. The number of rotatable bonds is 3. The highest BCUT2D eigenvalue weighted by atomic mass is 16.2. The van der Waals surface area contributed by atoms with Crippen molar-refractivity contribution < 1.29 is 9.59 Å². The average Bonchev–Trinajstić information content (AvgIpc) is 3.27. The summed E-state index contributed by atoms with van der Waals surface area (Å²) >= 11 is 0. The molecular formula is C16H22N4O2. The molecule has 1 heterocycles. The van der Waals surface area contributed by atoms with Gasteiger partial charge in [0.1, 0.15) is 0 Å². The van der Waals surface area contributed by atoms with Crippen LogP contribution in [0.4, 0.5) is 5.69 Å². The second-order valence-electron chi connectivity index (χ2n) is 6.28. The van der Waals surface area contributed by atoms with Crippen LogP contribution in [-0.4, -0.2) is 60.4 Å². The van der Waals surface area contributed by atoms with Crippen LogP contribution < -0.4 is 11.1 Å². The van der Waals surface area contributed by atoms with Crippen molar-refractivity contribution in [3.8, 4) is 0 Å². The van der Waals surface area contributed by atoms with Gasteiger partial charge >= 0.3 is 0 Å². The SMILES string of the molecule is CN1CCN(C(=O)c2ccc(NC(=O)C3(N)CC3)cc2)CC1. The molecule has 2 fully saturated rings. The number of nitrogens with zero attached hydrogens (tertiary/aromatic N) is 2. The molecule has 6 nitrogen and oxygen atoms in total. The van der Waals surface area contributed by atoms with Crippen LogP contribution >= 0.6 is 0 Å². The van der Waals surface area contributed by atoms with E-state index in [2.05, 4.69) is 17.3 Å². The molecule has 0 unspecified atom stereocenters. The summed E-state index contributed by atoms with van der Waals surface area (Å²) in [5.41, 5.74) is 6.49. The number of hydrogen-bond acceptors (Lipinski definition) is 4. The molecule has 3 N–H and O–H groups in total. The van der Waals surface area contributed by atoms with Crippen LogP contribution in [0.3, 0.4) is 0 Å². The Morgan fingerprint density at radius 1 is 1.09 bits per heavy atom. The predicted molar refractivity (Wildman–Crippen MR) is 84.6 cm³/mol. The Balaban J connectivity index is 1.61. The molecule has 0 spiro atoms. The lowest BCUT2D eigenvalue weighted by molar-refractivity contribution is -0.118. The first-order chi connectivity index (χ1) is 10.5. The summed E-state index contributed by atoms with van der Waals surface area (Å²) in [5, 5.41) is 2.80. The molecule has 3 rings (SSSR count). The van der Waals surface area contributed by atoms with Crippen LogP contribution in [0, 0.1) is 0 Å². The number of likely N-dealkylation sites (N-methyl/N-ethyl adjacent to an activating group) is 1. The van der Waals surface area contributed by atoms with E-state index in [1.165, 1.54) is 0 Å². The van der Waals surface area contributed by atoms with Crippen LogP contribution in [0.1, 0.15) is 23.2 Å². The van der Waals surface area contributed by atoms with Gasteiger partial charge in [-0.05, 0) is 44.2 Å². The van der Waals surface area contributed by atoms with Crippen LogP contribution in [0.2, 0.25) is 0 Å². The molecule has 2 aliphatic rings. The van der Waals surface area contributed by atoms with Gasteiger partial charge in [-0.3, -0.25) is 9.59 Å². The maximum atomic E-state index is 12.4. The Morgan fingerprint density at radius 2 is 1.68 bits per heavy atom. The Kier molecular flexibility index (Phi) is 3.88. The topological polar surface area (TPSA) is 78.7 Å². The summed E-state index contributed by atoms with van der Waals surface area (Å²) < 4.78 is 0. The molecule has 22 heavy (non-hydrogen) atoms. The molecule has 1 aliphatic heterocycles. The molecular weight excluding hydrogens is 280 g/mol. The van der Waals surface area contributed by atoms with Crippen molar-refractivity contribution in [2.45, 2.75) is 18.4 Å². The van der Waals surface area contributed by atoms with Gasteiger partial charge in [-0.1, -0.05) is 0 Å². The first kappa shape index (κ1) is 15.0. The van der Waals surface area contributed by atoms with Gasteiger partial charge in [-0.15, -0.1) is 0 Å². The van der Waals surface area contributed by atoms with Crippen molar-refractivity contribution in [3.05, 3.63) is 29.8 Å². The maximum absolute atomic E-state index is 12.4. The number of hydrogen-bond donors (Lipinski definition) is 2. The first-order valence-electron chi connectivity index (χ1n) is 7.66. The van der Waals surface area contributed by atoms with Gasteiger partial charge in [0.25, 0.3) is 5.91 Å². The zero-order valence-corrected chi connectivity index (χ0v) is 12.8. The van der Waals surface area contributed by atoms with Gasteiger partial charge < -0.3 is 20.9 Å². The summed E-state index contributed by atoms with van der Waals surface area (Å²) in [7, 11) is 2.06. The summed E-state index contributed by atoms with van der Waals surface area (Å²) in [6, 6.07) is 7.03. The van der Waals surface area contributed by atoms with Gasteiger partial charge in [0.2, 0.25) is 5.91 Å². The third kappa shape index (κ3) is 3.13. The number of nitrogens with two attached hydrogens (primary N) is 1. The molecule has 0 bridgehead atoms. The van der Waals surface area contributed by atoms with Crippen LogP contribution in [-0.2, 0) is 4.79 Å². The molecule has 2 amide bonds. The molecule has 0 radical (unpaired) electrons. The van der Waals surface area contributed by atoms with Gasteiger partial charge in [-0.25, -0.2) is 0 Å². The van der Waals surface area contributed by atoms with Crippen LogP contribution in [0.25, 0.3) is 0 Å². The zero-order valence-electron chi connectivity index (χ0n) is 12.8. The molecule has 118 valence electrons. The van der Waals surface area contributed by atoms with E-state index in [1.54, 1.807) is 24.3 Å². The summed E-state index contributed by atoms with van der Waals surface area (Å²) in [6.07, 6.45) is 1.47. The van der Waals surface area contributed by atoms with E-state index in [0.717, 1.165) is 39.0 Å². The molecule has 6 heteroatoms. The highest BCUT2D eigenvalue weighted by molar-refractivity contribution is 6.00. The standard InChI is InChI=1S/C16H22N4O2/c1-19-8-10-20(11-9-19)14(21)12-2-4-13(5-3-12)18-15(22)16(17)6-7-16/h2-5H,6-11,17H2,1H3,(H,18,22). The minimum absolute atomic E-state index is 0.0449. The fourth-order valence-corrected chi connectivity index (χ4v) is 2.51. The van der Waals surface area contributed by atoms with E-state index in [0.29, 0.717) is 11.3 Å². The van der Waals surface area contributed by atoms with E-state index in [4.69, 9.17) is 5.73 Å². The van der Waals surface area contributed by atoms with Crippen molar-refractivity contribution in [2.24, 2.45) is 5.73 Å². The zero-order chi connectivity index (χ0) is 15.7. The summed E-state index contributed by atoms with van der Waals surface area (Å²) in [4.78, 5) is 28.4. The van der Waals surface area contributed by atoms with Gasteiger partial charge in [0, 0.05) is 37.4 Å². The van der Waals surface area contributed by atoms with Gasteiger partial charge in [0.15, 0.2) is 0 Å². The molecule has 1 aromatic carbocycles. The Hall–Kier alpha value is -1.92. The lowest BCUT2D eigenvalue weighted by atomic mass is 10.1. The van der Waals surface area contributed by atoms with Crippen molar-refractivity contribution in [2.75, 3.05) is 38.5 Å². The number of carbonyl (C=O) groups excluding carboxylic acids is 2. The summed E-state index contributed by atoms with van der Waals surface area (Å²) in [5.74, 6) is -0.103. The monoisotopic (exact) mass is 302 g/mol. The van der Waals surface area contributed by atoms with E-state index < -0.39 is 5.54 Å². The lowest BCUT2D eigenvalue weighted by Gasteiger charge is -2.32. The van der Waals surface area contributed by atoms with Crippen molar-refractivity contribution in [1.29, 1.82) is 0 Å². The van der Waals surface area contributed by atoms with E-state index >= 15 is 0 Å². The first-order valence-corrected chi connectivity index (χ1v) is 7.66. The van der Waals surface area contributed by atoms with Crippen molar-refractivity contribution >= 4 is 17.5 Å². The largest absolute Gasteiger partial charge is 0.336 e. The van der Waals surface area contributed by atoms with Crippen molar-refractivity contribution in [1.82, 2.24) is 9.80 Å². The maximum Gasteiger partial charge on any atom is 0.253 e. The van der Waals surface area contributed by atoms with Crippen LogP contribution in [0.15, 0.2) is 24.3 Å². The minimum Gasteiger partial charge on any atom is -0.336 e. The number of piperazine rings is 1. The Bertz CT molecular complexity index is 572. The Morgan fingerprint density at radius 3 is 2.23 bits per heavy atom. The molecule has 1 saturated carbocycles. The second kappa shape index (κ2) is 5.70. The number of anilines is 1. The minimum atomic E-state index is -0.686. The number of amides is 2. The normalized spacial score (nSPS) is 20.5. The van der Waals surface area contributed by atoms with Crippen molar-refractivity contribution in [3.63, 3.8) is 0 Å². The third-order valence-corrected chi connectivity index (χ3v) is 4.42. The Labute approximate surface area is 130 Å². The van der Waals surface area contributed by atoms with E-state index in [-0.39, 0.29) is 11.8 Å². The third-order valence-electron chi connectivity index (χ3n) is 4.42. The molecule has 1 saturated heterocycles. The molecule has 1 aliphatic carbocycles. The predicted octanol–water partition coefficient (Wildman–Crippen LogP) is 0.504. The van der Waals surface area contributed by atoms with Gasteiger partial charge in [-0.2, -0.15) is 0 Å². The van der Waals surface area contributed by atoms with E-state index in [9.17, 15) is 9.59 Å². The van der Waals surface area contributed by atoms with Gasteiger partial charge in [0.05, 0.1) is 5.54 Å². The molecule has 0 atom stereocenters. The second-order valence-corrected chi connectivity index (χ2v) is 6.28. The smallest absolute Gasteiger partial charge is 0.253 e. The molecule has 1 aromatic rings. The number of nitrogens with one attached hydrogen (secondary N) is 1. The number of benzene rings is 1. The fourth-order valence-electron chi connectivity index (χ4n) is 2.51. The fraction of sp³-hybridized carbons (Fsp3) is 0.500. The number of carbonyl (C=O) groups is 2. The quantitative estimate of drug-likeness (QED) is 0.852. The molecule has 0 aromatic heterocycles. The van der Waals surface area contributed by atoms with E-state index in [1.807, 2.05) is 4.90 Å². The highest BCUT2D eigenvalue weighted by Crippen LogP contribution is 2.33. The highest BCUT2D eigenvalue weighted by Gasteiger charge is 2.45. The lowest BCUT2D eigenvalue weighted by Crippen LogP contribution is -2.47. The summed E-state index contributed by atoms with van der Waals surface area (Å²) in [6.45, 7) is 3.31. The van der Waals surface area contributed by atoms with Crippen LogP contribution in [0.5, 0.6) is 0 Å².